The third kappa shape index (κ3) is 2.96. The second-order valence-corrected chi connectivity index (χ2v) is 5.80. The van der Waals surface area contributed by atoms with Crippen LogP contribution in [-0.4, -0.2) is 61.3 Å². The molecule has 3 heteroatoms. The monoisotopic (exact) mass is 226 g/mol. The molecule has 1 N–H and O–H groups in total. The Hall–Kier alpha value is -0.120. The topological polar surface area (TPSA) is 26.7 Å². The van der Waals surface area contributed by atoms with Crippen LogP contribution in [0.5, 0.6) is 0 Å². The Morgan fingerprint density at radius 1 is 1.00 bits per heavy atom. The smallest absolute Gasteiger partial charge is 0.0499 e. The van der Waals surface area contributed by atoms with Crippen molar-refractivity contribution in [2.24, 2.45) is 5.41 Å². The van der Waals surface area contributed by atoms with Crippen LogP contribution in [0.15, 0.2) is 0 Å². The number of likely N-dealkylation sites (N-methyl/N-ethyl adjacent to an activating group) is 1. The lowest BCUT2D eigenvalue weighted by molar-refractivity contribution is 0.0800. The van der Waals surface area contributed by atoms with Crippen molar-refractivity contribution in [3.8, 4) is 0 Å². The molecule has 2 aliphatic rings. The Morgan fingerprint density at radius 3 is 2.44 bits per heavy atom. The first-order chi connectivity index (χ1) is 7.74. The van der Waals surface area contributed by atoms with Crippen LogP contribution in [0.2, 0.25) is 0 Å². The van der Waals surface area contributed by atoms with E-state index >= 15 is 0 Å². The Morgan fingerprint density at radius 2 is 1.75 bits per heavy atom. The Kier molecular flexibility index (Phi) is 4.22. The normalized spacial score (nSPS) is 28.1. The molecule has 1 aliphatic heterocycles. The van der Waals surface area contributed by atoms with Crippen LogP contribution in [-0.2, 0) is 0 Å². The van der Waals surface area contributed by atoms with E-state index in [4.69, 9.17) is 0 Å². The number of aliphatic hydroxyl groups excluding tert-OH is 1. The first-order valence-corrected chi connectivity index (χ1v) is 6.76. The maximum atomic E-state index is 9.63. The predicted molar refractivity (Wildman–Crippen MR) is 66.5 cm³/mol. The molecule has 0 spiro atoms. The van der Waals surface area contributed by atoms with Gasteiger partial charge >= 0.3 is 0 Å². The summed E-state index contributed by atoms with van der Waals surface area (Å²) in [5.41, 5.74) is 0.239. The minimum atomic E-state index is 0.239. The van der Waals surface area contributed by atoms with E-state index in [9.17, 15) is 5.11 Å². The highest BCUT2D eigenvalue weighted by Crippen LogP contribution is 2.38. The number of aliphatic hydroxyl groups is 1. The number of nitrogens with zero attached hydrogens (tertiary/aromatic N) is 2. The molecule has 0 aromatic heterocycles. The van der Waals surface area contributed by atoms with Crippen LogP contribution >= 0.6 is 0 Å². The lowest BCUT2D eigenvalue weighted by Gasteiger charge is -2.33. The summed E-state index contributed by atoms with van der Waals surface area (Å²) in [5, 5.41) is 9.63. The lowest BCUT2D eigenvalue weighted by Crippen LogP contribution is -2.40. The van der Waals surface area contributed by atoms with Crippen molar-refractivity contribution in [3.63, 3.8) is 0 Å². The lowest BCUT2D eigenvalue weighted by atomic mass is 9.86. The predicted octanol–water partition coefficient (Wildman–Crippen LogP) is 1.18. The number of hydrogen-bond acceptors (Lipinski definition) is 3. The van der Waals surface area contributed by atoms with E-state index in [2.05, 4.69) is 16.8 Å². The Balaban J connectivity index is 1.87. The fourth-order valence-electron chi connectivity index (χ4n) is 3.22. The van der Waals surface area contributed by atoms with Crippen LogP contribution in [0.1, 0.15) is 32.1 Å². The maximum absolute atomic E-state index is 9.63. The van der Waals surface area contributed by atoms with Gasteiger partial charge in [-0.05, 0) is 39.4 Å². The highest BCUT2D eigenvalue weighted by molar-refractivity contribution is 4.87. The minimum Gasteiger partial charge on any atom is -0.396 e. The Labute approximate surface area is 99.4 Å². The second-order valence-electron chi connectivity index (χ2n) is 5.80. The summed E-state index contributed by atoms with van der Waals surface area (Å²) >= 11 is 0. The van der Waals surface area contributed by atoms with E-state index in [1.165, 1.54) is 58.3 Å². The van der Waals surface area contributed by atoms with Crippen LogP contribution in [0.25, 0.3) is 0 Å². The quantitative estimate of drug-likeness (QED) is 0.783. The molecular formula is C13H26N2O. The van der Waals surface area contributed by atoms with Gasteiger partial charge in [-0.25, -0.2) is 0 Å². The van der Waals surface area contributed by atoms with Gasteiger partial charge in [0.15, 0.2) is 0 Å². The second kappa shape index (κ2) is 5.48. The SMILES string of the molecule is CN1CCCN(CC2(CO)CCCC2)CC1. The van der Waals surface area contributed by atoms with Gasteiger partial charge in [0.25, 0.3) is 0 Å². The highest BCUT2D eigenvalue weighted by Gasteiger charge is 2.35. The fourth-order valence-corrected chi connectivity index (χ4v) is 3.22. The summed E-state index contributed by atoms with van der Waals surface area (Å²) in [5.74, 6) is 0. The van der Waals surface area contributed by atoms with E-state index in [1.54, 1.807) is 0 Å². The average molecular weight is 226 g/mol. The van der Waals surface area contributed by atoms with Crippen molar-refractivity contribution in [1.82, 2.24) is 9.80 Å². The van der Waals surface area contributed by atoms with Crippen molar-refractivity contribution in [2.45, 2.75) is 32.1 Å². The molecule has 3 nitrogen and oxygen atoms in total. The van der Waals surface area contributed by atoms with Gasteiger partial charge in [0.05, 0.1) is 0 Å². The zero-order valence-electron chi connectivity index (χ0n) is 10.6. The van der Waals surface area contributed by atoms with Gasteiger partial charge in [0.2, 0.25) is 0 Å². The molecule has 0 atom stereocenters. The molecule has 0 aromatic rings. The van der Waals surface area contributed by atoms with Gasteiger partial charge in [-0.3, -0.25) is 0 Å². The fraction of sp³-hybridized carbons (Fsp3) is 1.00. The van der Waals surface area contributed by atoms with Gasteiger partial charge in [0, 0.05) is 31.7 Å². The summed E-state index contributed by atoms with van der Waals surface area (Å²) in [7, 11) is 2.21. The van der Waals surface area contributed by atoms with E-state index in [0.29, 0.717) is 6.61 Å². The molecule has 1 saturated carbocycles. The molecule has 2 fully saturated rings. The average Bonchev–Trinajstić information content (AvgIpc) is 2.66. The van der Waals surface area contributed by atoms with E-state index in [1.807, 2.05) is 0 Å². The molecular weight excluding hydrogens is 200 g/mol. The first-order valence-electron chi connectivity index (χ1n) is 6.76. The first kappa shape index (κ1) is 12.3. The molecule has 0 aromatic carbocycles. The van der Waals surface area contributed by atoms with Crippen LogP contribution < -0.4 is 0 Å². The summed E-state index contributed by atoms with van der Waals surface area (Å²) in [6.45, 7) is 6.31. The van der Waals surface area contributed by atoms with Crippen molar-refractivity contribution in [1.29, 1.82) is 0 Å². The van der Waals surface area contributed by atoms with Crippen molar-refractivity contribution in [3.05, 3.63) is 0 Å². The van der Waals surface area contributed by atoms with Gasteiger partial charge in [0.1, 0.15) is 0 Å². The zero-order valence-corrected chi connectivity index (χ0v) is 10.6. The van der Waals surface area contributed by atoms with Gasteiger partial charge < -0.3 is 14.9 Å². The molecule has 1 heterocycles. The number of hydrogen-bond donors (Lipinski definition) is 1. The molecule has 94 valence electrons. The minimum absolute atomic E-state index is 0.239. The Bertz CT molecular complexity index is 214. The highest BCUT2D eigenvalue weighted by atomic mass is 16.3. The van der Waals surface area contributed by atoms with Gasteiger partial charge in [-0.15, -0.1) is 0 Å². The van der Waals surface area contributed by atoms with Crippen LogP contribution in [0.4, 0.5) is 0 Å². The van der Waals surface area contributed by atoms with Crippen LogP contribution in [0.3, 0.4) is 0 Å². The molecule has 1 aliphatic carbocycles. The largest absolute Gasteiger partial charge is 0.396 e. The van der Waals surface area contributed by atoms with Gasteiger partial charge in [-0.1, -0.05) is 12.8 Å². The van der Waals surface area contributed by atoms with E-state index in [-0.39, 0.29) is 5.41 Å². The third-order valence-electron chi connectivity index (χ3n) is 4.37. The van der Waals surface area contributed by atoms with Crippen molar-refractivity contribution in [2.75, 3.05) is 46.4 Å². The number of rotatable bonds is 3. The van der Waals surface area contributed by atoms with Gasteiger partial charge in [-0.2, -0.15) is 0 Å². The van der Waals surface area contributed by atoms with Crippen LogP contribution in [0, 0.1) is 5.41 Å². The van der Waals surface area contributed by atoms with Crippen molar-refractivity contribution < 1.29 is 5.11 Å². The van der Waals surface area contributed by atoms with Crippen molar-refractivity contribution >= 4 is 0 Å². The maximum Gasteiger partial charge on any atom is 0.0499 e. The molecule has 0 amide bonds. The summed E-state index contributed by atoms with van der Waals surface area (Å²) in [6.07, 6.45) is 6.37. The van der Waals surface area contributed by atoms with E-state index < -0.39 is 0 Å². The molecule has 16 heavy (non-hydrogen) atoms. The zero-order chi connectivity index (χ0) is 11.4. The molecule has 0 unspecified atom stereocenters. The molecule has 0 bridgehead atoms. The third-order valence-corrected chi connectivity index (χ3v) is 4.37. The molecule has 1 saturated heterocycles. The molecule has 2 rings (SSSR count). The summed E-state index contributed by atoms with van der Waals surface area (Å²) < 4.78 is 0. The summed E-state index contributed by atoms with van der Waals surface area (Å²) in [4.78, 5) is 4.99. The summed E-state index contributed by atoms with van der Waals surface area (Å²) in [6, 6.07) is 0. The van der Waals surface area contributed by atoms with E-state index in [0.717, 1.165) is 6.54 Å². The molecule has 0 radical (unpaired) electrons. The standard InChI is InChI=1S/C13H26N2O/c1-14-7-4-8-15(10-9-14)11-13(12-16)5-2-3-6-13/h16H,2-12H2,1H3.